The number of aromatic nitrogens is 2. The molecule has 0 unspecified atom stereocenters. The van der Waals surface area contributed by atoms with Gasteiger partial charge in [-0.3, -0.25) is 13.9 Å². The van der Waals surface area contributed by atoms with Gasteiger partial charge in [-0.2, -0.15) is 13.2 Å². The van der Waals surface area contributed by atoms with Crippen LogP contribution in [-0.4, -0.2) is 21.9 Å². The first-order valence-electron chi connectivity index (χ1n) is 8.16. The van der Waals surface area contributed by atoms with E-state index in [2.05, 4.69) is 0 Å². The third-order valence-corrected chi connectivity index (χ3v) is 3.62. The molecule has 0 aromatic carbocycles. The number of nitrogens with zero attached hydrogens (tertiary/aromatic N) is 2. The number of anilines is 2. The summed E-state index contributed by atoms with van der Waals surface area (Å²) in [6.07, 6.45) is -0.438. The summed E-state index contributed by atoms with van der Waals surface area (Å²) in [6, 6.07) is 0. The Labute approximate surface area is 138 Å². The molecular weight excluding hydrogens is 325 g/mol. The van der Waals surface area contributed by atoms with Crippen LogP contribution in [0.1, 0.15) is 46.0 Å². The van der Waals surface area contributed by atoms with Crippen molar-refractivity contribution in [3.63, 3.8) is 0 Å². The molecule has 1 rings (SSSR count). The lowest BCUT2D eigenvalue weighted by atomic mass is 10.2. The molecule has 0 amide bonds. The predicted octanol–water partition coefficient (Wildman–Crippen LogP) is 2.56. The highest BCUT2D eigenvalue weighted by Crippen LogP contribution is 2.18. The van der Waals surface area contributed by atoms with E-state index in [9.17, 15) is 22.8 Å². The quantitative estimate of drug-likeness (QED) is 0.671. The molecule has 24 heavy (non-hydrogen) atoms. The molecule has 138 valence electrons. The minimum absolute atomic E-state index is 0.133. The number of nitrogen functional groups attached to an aromatic ring is 1. The molecule has 0 saturated heterocycles. The van der Waals surface area contributed by atoms with Gasteiger partial charge < -0.3 is 11.1 Å². The molecule has 0 aliphatic heterocycles. The van der Waals surface area contributed by atoms with Crippen LogP contribution in [0.25, 0.3) is 0 Å². The van der Waals surface area contributed by atoms with Gasteiger partial charge >= 0.3 is 11.9 Å². The molecule has 0 saturated carbocycles. The highest BCUT2D eigenvalue weighted by Gasteiger charge is 2.28. The summed E-state index contributed by atoms with van der Waals surface area (Å²) in [4.78, 5) is 24.7. The molecule has 6 nitrogen and oxygen atoms in total. The average Bonchev–Trinajstić information content (AvgIpc) is 2.49. The molecule has 3 N–H and O–H groups in total. The van der Waals surface area contributed by atoms with Crippen molar-refractivity contribution >= 4 is 11.5 Å². The summed E-state index contributed by atoms with van der Waals surface area (Å²) in [6.45, 7) is 2.84. The van der Waals surface area contributed by atoms with Crippen LogP contribution in [0.3, 0.4) is 0 Å². The van der Waals surface area contributed by atoms with E-state index in [4.69, 9.17) is 5.73 Å². The molecule has 1 aromatic rings. The molecular formula is C15H25F3N4O2. The Balaban J connectivity index is 3.23. The van der Waals surface area contributed by atoms with Gasteiger partial charge in [0.2, 0.25) is 0 Å². The third kappa shape index (κ3) is 5.31. The second-order valence-corrected chi connectivity index (χ2v) is 5.68. The van der Waals surface area contributed by atoms with E-state index in [-0.39, 0.29) is 24.6 Å². The van der Waals surface area contributed by atoms with Gasteiger partial charge in [-0.25, -0.2) is 4.79 Å². The first-order valence-corrected chi connectivity index (χ1v) is 8.16. The average molecular weight is 350 g/mol. The van der Waals surface area contributed by atoms with Gasteiger partial charge in [0.25, 0.3) is 5.56 Å². The van der Waals surface area contributed by atoms with E-state index >= 15 is 0 Å². The van der Waals surface area contributed by atoms with Crippen molar-refractivity contribution in [2.75, 3.05) is 17.6 Å². The van der Waals surface area contributed by atoms with Gasteiger partial charge in [-0.15, -0.1) is 0 Å². The van der Waals surface area contributed by atoms with E-state index in [1.165, 1.54) is 4.57 Å². The fourth-order valence-corrected chi connectivity index (χ4v) is 2.40. The van der Waals surface area contributed by atoms with Gasteiger partial charge in [0.1, 0.15) is 18.1 Å². The predicted molar refractivity (Wildman–Crippen MR) is 88.4 cm³/mol. The van der Waals surface area contributed by atoms with E-state index in [0.717, 1.165) is 23.8 Å². The Morgan fingerprint density at radius 1 is 1.00 bits per heavy atom. The molecule has 0 radical (unpaired) electrons. The van der Waals surface area contributed by atoms with Crippen LogP contribution in [0, 0.1) is 0 Å². The second-order valence-electron chi connectivity index (χ2n) is 5.68. The molecule has 9 heteroatoms. The first kappa shape index (κ1) is 20.1. The number of hydrogen-bond donors (Lipinski definition) is 2. The lowest BCUT2D eigenvalue weighted by Gasteiger charge is -2.18. The second kappa shape index (κ2) is 8.79. The molecule has 0 fully saturated rings. The zero-order chi connectivity index (χ0) is 18.3. The van der Waals surface area contributed by atoms with E-state index in [1.807, 2.05) is 12.2 Å². The van der Waals surface area contributed by atoms with Crippen molar-refractivity contribution in [2.24, 2.45) is 0 Å². The minimum Gasteiger partial charge on any atom is -0.383 e. The van der Waals surface area contributed by atoms with Crippen LogP contribution >= 0.6 is 0 Å². The minimum atomic E-state index is -4.49. The van der Waals surface area contributed by atoms with Gasteiger partial charge in [-0.1, -0.05) is 33.1 Å². The standard InChI is InChI=1S/C15H25F3N4O2/c1-3-5-6-7-9-21-12(19)11(20-10-15(16,17)18)13(23)22(8-4-2)14(21)24/h20H,3-10,19H2,1-2H3. The largest absolute Gasteiger partial charge is 0.405 e. The summed E-state index contributed by atoms with van der Waals surface area (Å²) in [7, 11) is 0. The monoisotopic (exact) mass is 350 g/mol. The summed E-state index contributed by atoms with van der Waals surface area (Å²) in [5, 5.41) is 2.05. The van der Waals surface area contributed by atoms with Gasteiger partial charge in [0, 0.05) is 13.1 Å². The van der Waals surface area contributed by atoms with Crippen LogP contribution in [0.4, 0.5) is 24.7 Å². The molecule has 0 aliphatic carbocycles. The normalized spacial score (nSPS) is 11.7. The van der Waals surface area contributed by atoms with Crippen molar-refractivity contribution < 1.29 is 13.2 Å². The molecule has 0 atom stereocenters. The lowest BCUT2D eigenvalue weighted by Crippen LogP contribution is -2.43. The van der Waals surface area contributed by atoms with Crippen LogP contribution in [0.5, 0.6) is 0 Å². The number of alkyl halides is 3. The maximum Gasteiger partial charge on any atom is 0.405 e. The Hall–Kier alpha value is -1.93. The molecule has 1 aromatic heterocycles. The number of rotatable bonds is 9. The van der Waals surface area contributed by atoms with Crippen molar-refractivity contribution in [3.05, 3.63) is 20.8 Å². The zero-order valence-corrected chi connectivity index (χ0v) is 14.1. The molecule has 0 bridgehead atoms. The SMILES string of the molecule is CCCCCCn1c(N)c(NCC(F)(F)F)c(=O)n(CCC)c1=O. The Morgan fingerprint density at radius 2 is 1.67 bits per heavy atom. The van der Waals surface area contributed by atoms with Crippen molar-refractivity contribution in [3.8, 4) is 0 Å². The van der Waals surface area contributed by atoms with E-state index in [1.54, 1.807) is 6.92 Å². The zero-order valence-electron chi connectivity index (χ0n) is 14.1. The number of nitrogens with one attached hydrogen (secondary N) is 1. The first-order chi connectivity index (χ1) is 11.2. The van der Waals surface area contributed by atoms with E-state index < -0.39 is 24.0 Å². The lowest BCUT2D eigenvalue weighted by molar-refractivity contribution is -0.115. The molecule has 0 spiro atoms. The van der Waals surface area contributed by atoms with Crippen molar-refractivity contribution in [1.29, 1.82) is 0 Å². The van der Waals surface area contributed by atoms with Crippen molar-refractivity contribution in [1.82, 2.24) is 9.13 Å². The highest BCUT2D eigenvalue weighted by atomic mass is 19.4. The number of nitrogens with two attached hydrogens (primary N) is 1. The Kier molecular flexibility index (Phi) is 7.37. The van der Waals surface area contributed by atoms with E-state index in [0.29, 0.717) is 12.8 Å². The summed E-state index contributed by atoms with van der Waals surface area (Å²) in [5.41, 5.74) is 4.06. The van der Waals surface area contributed by atoms with Crippen molar-refractivity contribution in [2.45, 2.75) is 65.2 Å². The highest BCUT2D eigenvalue weighted by molar-refractivity contribution is 5.60. The molecule has 0 aliphatic rings. The number of halogens is 3. The van der Waals surface area contributed by atoms with Gasteiger partial charge in [-0.05, 0) is 12.8 Å². The smallest absolute Gasteiger partial charge is 0.383 e. The summed E-state index contributed by atoms with van der Waals surface area (Å²) < 4.78 is 39.4. The van der Waals surface area contributed by atoms with Crippen LogP contribution in [0.2, 0.25) is 0 Å². The van der Waals surface area contributed by atoms with Crippen LogP contribution in [0.15, 0.2) is 9.59 Å². The number of unbranched alkanes of at least 4 members (excludes halogenated alkanes) is 3. The fraction of sp³-hybridized carbons (Fsp3) is 0.733. The van der Waals surface area contributed by atoms with Gasteiger partial charge in [0.05, 0.1) is 0 Å². The number of hydrogen-bond acceptors (Lipinski definition) is 4. The van der Waals surface area contributed by atoms with Gasteiger partial charge in [0.15, 0.2) is 0 Å². The summed E-state index contributed by atoms with van der Waals surface area (Å²) >= 11 is 0. The Bertz CT molecular complexity index is 650. The maximum absolute atomic E-state index is 12.4. The van der Waals surface area contributed by atoms with Crippen LogP contribution < -0.4 is 22.3 Å². The third-order valence-electron chi connectivity index (χ3n) is 3.62. The van der Waals surface area contributed by atoms with Crippen LogP contribution in [-0.2, 0) is 13.1 Å². The topological polar surface area (TPSA) is 82.0 Å². The molecule has 1 heterocycles. The summed E-state index contributed by atoms with van der Waals surface area (Å²) in [5.74, 6) is -0.238. The maximum atomic E-state index is 12.4. The fourth-order valence-electron chi connectivity index (χ4n) is 2.40. The Morgan fingerprint density at radius 3 is 2.21 bits per heavy atom.